The van der Waals surface area contributed by atoms with Gasteiger partial charge in [0.05, 0.1) is 18.3 Å². The molecule has 0 saturated heterocycles. The van der Waals surface area contributed by atoms with E-state index in [4.69, 9.17) is 9.15 Å². The molecule has 1 N–H and O–H groups in total. The summed E-state index contributed by atoms with van der Waals surface area (Å²) in [4.78, 5) is 8.19. The van der Waals surface area contributed by atoms with E-state index in [1.165, 1.54) is 12.1 Å². The van der Waals surface area contributed by atoms with Crippen LogP contribution in [0.4, 0.5) is 10.3 Å². The zero-order valence-electron chi connectivity index (χ0n) is 17.2. The number of methoxy groups -OCH3 is 1. The Labute approximate surface area is 184 Å². The van der Waals surface area contributed by atoms with Gasteiger partial charge in [-0.3, -0.25) is 0 Å². The largest absolute Gasteiger partial charge is 0.497 e. The highest BCUT2D eigenvalue weighted by Crippen LogP contribution is 2.33. The molecule has 8 nitrogen and oxygen atoms in total. The first kappa shape index (κ1) is 21.6. The van der Waals surface area contributed by atoms with E-state index in [2.05, 4.69) is 15.3 Å². The van der Waals surface area contributed by atoms with Crippen molar-refractivity contribution in [3.05, 3.63) is 73.1 Å². The molecule has 0 aliphatic carbocycles. The van der Waals surface area contributed by atoms with Gasteiger partial charge in [-0.15, -0.1) is 0 Å². The van der Waals surface area contributed by atoms with Gasteiger partial charge in [0.25, 0.3) is 0 Å². The molecule has 0 unspecified atom stereocenters. The number of hydrogen-bond acceptors (Lipinski definition) is 7. The molecule has 4 rings (SSSR count). The van der Waals surface area contributed by atoms with Gasteiger partial charge in [-0.05, 0) is 55.0 Å². The summed E-state index contributed by atoms with van der Waals surface area (Å²) in [6.45, 7) is 1.15. The van der Waals surface area contributed by atoms with Crippen LogP contribution in [0.3, 0.4) is 0 Å². The van der Waals surface area contributed by atoms with Crippen molar-refractivity contribution in [1.29, 1.82) is 0 Å². The second-order valence-electron chi connectivity index (χ2n) is 6.92. The van der Waals surface area contributed by atoms with Gasteiger partial charge in [0.1, 0.15) is 11.6 Å². The van der Waals surface area contributed by atoms with Crippen LogP contribution < -0.4 is 10.1 Å². The summed E-state index contributed by atoms with van der Waals surface area (Å²) < 4.78 is 52.6. The average Bonchev–Trinajstić information content (AvgIpc) is 3.47. The summed E-state index contributed by atoms with van der Waals surface area (Å²) in [5.41, 5.74) is 0.591. The Morgan fingerprint density at radius 2 is 1.88 bits per heavy atom. The number of aryl methyl sites for hydroxylation is 1. The zero-order valence-corrected chi connectivity index (χ0v) is 18.0. The van der Waals surface area contributed by atoms with E-state index in [0.29, 0.717) is 30.8 Å². The zero-order chi connectivity index (χ0) is 22.6. The number of nitrogens with zero attached hydrogens (tertiary/aromatic N) is 3. The third kappa shape index (κ3) is 4.65. The molecule has 32 heavy (non-hydrogen) atoms. The monoisotopic (exact) mass is 456 g/mol. The fourth-order valence-electron chi connectivity index (χ4n) is 3.06. The molecule has 10 heteroatoms. The van der Waals surface area contributed by atoms with Crippen LogP contribution in [0.2, 0.25) is 0 Å². The molecular formula is C22H21FN4O4S. The molecule has 0 aliphatic rings. The van der Waals surface area contributed by atoms with Crippen molar-refractivity contribution < 1.29 is 22.0 Å². The minimum absolute atomic E-state index is 0.0331. The predicted octanol–water partition coefficient (Wildman–Crippen LogP) is 4.02. The van der Waals surface area contributed by atoms with Crippen LogP contribution in [0.15, 0.2) is 81.6 Å². The molecular weight excluding hydrogens is 435 g/mol. The number of benzene rings is 2. The summed E-state index contributed by atoms with van der Waals surface area (Å²) >= 11 is 0. The molecule has 2 aromatic heterocycles. The van der Waals surface area contributed by atoms with Crippen LogP contribution in [-0.2, 0) is 16.4 Å². The second-order valence-corrected chi connectivity index (χ2v) is 8.78. The number of sulfone groups is 1. The van der Waals surface area contributed by atoms with Crippen molar-refractivity contribution in [3.8, 4) is 17.2 Å². The summed E-state index contributed by atoms with van der Waals surface area (Å²) in [6, 6.07) is 11.5. The highest BCUT2D eigenvalue weighted by atomic mass is 32.2. The molecule has 0 fully saturated rings. The number of rotatable bonds is 9. The van der Waals surface area contributed by atoms with Crippen molar-refractivity contribution >= 4 is 15.7 Å². The van der Waals surface area contributed by atoms with Gasteiger partial charge in [-0.1, -0.05) is 0 Å². The van der Waals surface area contributed by atoms with Gasteiger partial charge in [0, 0.05) is 31.0 Å². The van der Waals surface area contributed by atoms with Gasteiger partial charge in [0.15, 0.2) is 0 Å². The number of oxazole rings is 1. The average molecular weight is 456 g/mol. The van der Waals surface area contributed by atoms with Gasteiger partial charge in [0.2, 0.25) is 26.6 Å². The summed E-state index contributed by atoms with van der Waals surface area (Å²) in [5.74, 6) is 0.300. The van der Waals surface area contributed by atoms with Crippen molar-refractivity contribution in [3.63, 3.8) is 0 Å². The SMILES string of the molecule is COc1ccc(-c2nc(S(=O)(=O)c3ccc(F)cc3)c(NCCCn3ccnc3)o2)cc1. The third-order valence-corrected chi connectivity index (χ3v) is 6.43. The highest BCUT2D eigenvalue weighted by Gasteiger charge is 2.28. The molecule has 2 aromatic carbocycles. The molecule has 0 radical (unpaired) electrons. The Morgan fingerprint density at radius 3 is 2.53 bits per heavy atom. The van der Waals surface area contributed by atoms with E-state index in [0.717, 1.165) is 12.1 Å². The molecule has 0 bridgehead atoms. The van der Waals surface area contributed by atoms with Crippen LogP contribution in [0, 0.1) is 5.82 Å². The normalized spacial score (nSPS) is 11.4. The quantitative estimate of drug-likeness (QED) is 0.300. The number of aromatic nitrogens is 3. The van der Waals surface area contributed by atoms with E-state index < -0.39 is 15.7 Å². The van der Waals surface area contributed by atoms with E-state index in [9.17, 15) is 12.8 Å². The first-order valence-electron chi connectivity index (χ1n) is 9.83. The summed E-state index contributed by atoms with van der Waals surface area (Å²) in [6.07, 6.45) is 5.95. The summed E-state index contributed by atoms with van der Waals surface area (Å²) in [5, 5.41) is 2.78. The maximum absolute atomic E-state index is 13.3. The molecule has 166 valence electrons. The lowest BCUT2D eigenvalue weighted by Gasteiger charge is -2.06. The number of anilines is 1. The number of ether oxygens (including phenoxy) is 1. The lowest BCUT2D eigenvalue weighted by Crippen LogP contribution is -2.10. The Morgan fingerprint density at radius 1 is 1.12 bits per heavy atom. The lowest BCUT2D eigenvalue weighted by molar-refractivity contribution is 0.415. The Kier molecular flexibility index (Phi) is 6.22. The van der Waals surface area contributed by atoms with Gasteiger partial charge < -0.3 is 19.0 Å². The van der Waals surface area contributed by atoms with Crippen LogP contribution in [0.1, 0.15) is 6.42 Å². The summed E-state index contributed by atoms with van der Waals surface area (Å²) in [7, 11) is -2.49. The second kappa shape index (κ2) is 9.23. The van der Waals surface area contributed by atoms with Crippen LogP contribution >= 0.6 is 0 Å². The van der Waals surface area contributed by atoms with E-state index in [1.807, 2.05) is 10.8 Å². The lowest BCUT2D eigenvalue weighted by atomic mass is 10.2. The topological polar surface area (TPSA) is 99.2 Å². The van der Waals surface area contributed by atoms with Crippen LogP contribution in [0.25, 0.3) is 11.5 Å². The standard InChI is InChI=1S/C22H21FN4O4S/c1-30-18-7-3-16(4-8-18)20-26-22(32(28,29)19-9-5-17(23)6-10-19)21(31-20)25-11-2-13-27-14-12-24-15-27/h3-10,12,14-15,25H,2,11,13H2,1H3. The minimum Gasteiger partial charge on any atom is -0.497 e. The van der Waals surface area contributed by atoms with Crippen LogP contribution in [-0.4, -0.2) is 36.6 Å². The van der Waals surface area contributed by atoms with Gasteiger partial charge in [-0.25, -0.2) is 17.8 Å². The molecule has 0 atom stereocenters. The molecule has 4 aromatic rings. The molecule has 0 spiro atoms. The maximum atomic E-state index is 13.3. The first-order valence-corrected chi connectivity index (χ1v) is 11.3. The fraction of sp³-hybridized carbons (Fsp3) is 0.182. The smallest absolute Gasteiger partial charge is 0.233 e. The Hall–Kier alpha value is -3.66. The molecule has 2 heterocycles. The van der Waals surface area contributed by atoms with E-state index in [1.54, 1.807) is 43.9 Å². The number of halogens is 1. The van der Waals surface area contributed by atoms with Gasteiger partial charge >= 0.3 is 0 Å². The number of hydrogen-bond donors (Lipinski definition) is 1. The van der Waals surface area contributed by atoms with Crippen molar-refractivity contribution in [2.75, 3.05) is 19.0 Å². The number of nitrogens with one attached hydrogen (secondary N) is 1. The molecule has 0 saturated carbocycles. The van der Waals surface area contributed by atoms with Gasteiger partial charge in [-0.2, -0.15) is 4.98 Å². The Bertz CT molecular complexity index is 1270. The fourth-order valence-corrected chi connectivity index (χ4v) is 4.34. The van der Waals surface area contributed by atoms with Crippen LogP contribution in [0.5, 0.6) is 5.75 Å². The third-order valence-electron chi connectivity index (χ3n) is 4.75. The predicted molar refractivity (Wildman–Crippen MR) is 116 cm³/mol. The van der Waals surface area contributed by atoms with E-state index in [-0.39, 0.29) is 21.7 Å². The molecule has 0 amide bonds. The highest BCUT2D eigenvalue weighted by molar-refractivity contribution is 7.91. The maximum Gasteiger partial charge on any atom is 0.233 e. The van der Waals surface area contributed by atoms with Crippen molar-refractivity contribution in [1.82, 2.24) is 14.5 Å². The molecule has 0 aliphatic heterocycles. The van der Waals surface area contributed by atoms with Crippen molar-refractivity contribution in [2.45, 2.75) is 22.9 Å². The Balaban J connectivity index is 1.64. The van der Waals surface area contributed by atoms with Crippen molar-refractivity contribution in [2.24, 2.45) is 0 Å². The first-order chi connectivity index (χ1) is 15.5. The minimum atomic E-state index is -4.04. The van der Waals surface area contributed by atoms with E-state index >= 15 is 0 Å². The number of imidazole rings is 1.